The Labute approximate surface area is 144 Å². The molecule has 1 N–H and O–H groups in total. The van der Waals surface area contributed by atoms with Crippen LogP contribution >= 0.6 is 36.6 Å². The maximum absolute atomic E-state index is 12.3. The number of hydrogen-bond acceptors (Lipinski definition) is 4. The van der Waals surface area contributed by atoms with E-state index >= 15 is 0 Å². The van der Waals surface area contributed by atoms with Gasteiger partial charge >= 0.3 is 0 Å². The molecular weight excluding hydrogens is 329 g/mol. The van der Waals surface area contributed by atoms with E-state index in [-0.39, 0.29) is 24.8 Å². The standard InChI is InChI=1S/C14H25N3OS.2ClH/c18-14(9-13-11-19-8-3-15-13)17-6-4-16(5-7-17)10-12-1-2-12;;/h12-13,15H,1-11H2;2*1H. The SMILES string of the molecule is Cl.Cl.O=C(CC1CSCCN1)N1CCN(CC2CC2)CC1. The molecule has 1 saturated carbocycles. The third kappa shape index (κ3) is 6.14. The molecule has 4 nitrogen and oxygen atoms in total. The van der Waals surface area contributed by atoms with Crippen molar-refractivity contribution in [3.8, 4) is 0 Å². The molecule has 3 rings (SSSR count). The number of rotatable bonds is 4. The van der Waals surface area contributed by atoms with Crippen LogP contribution in [0.2, 0.25) is 0 Å². The summed E-state index contributed by atoms with van der Waals surface area (Å²) in [5, 5.41) is 3.45. The summed E-state index contributed by atoms with van der Waals surface area (Å²) in [5.74, 6) is 3.59. The van der Waals surface area contributed by atoms with E-state index in [1.807, 2.05) is 11.8 Å². The average molecular weight is 356 g/mol. The summed E-state index contributed by atoms with van der Waals surface area (Å²) < 4.78 is 0. The Morgan fingerprint density at radius 1 is 1.14 bits per heavy atom. The number of nitrogens with one attached hydrogen (secondary N) is 1. The molecule has 7 heteroatoms. The van der Waals surface area contributed by atoms with Gasteiger partial charge in [-0.05, 0) is 18.8 Å². The third-order valence-corrected chi connectivity index (χ3v) is 5.49. The highest BCUT2D eigenvalue weighted by atomic mass is 35.5. The van der Waals surface area contributed by atoms with Gasteiger partial charge in [-0.2, -0.15) is 11.8 Å². The minimum atomic E-state index is 0. The molecule has 0 bridgehead atoms. The Balaban J connectivity index is 0.00000110. The smallest absolute Gasteiger partial charge is 0.224 e. The van der Waals surface area contributed by atoms with Gasteiger partial charge in [0.1, 0.15) is 0 Å². The molecule has 1 unspecified atom stereocenters. The zero-order valence-corrected chi connectivity index (χ0v) is 14.9. The van der Waals surface area contributed by atoms with Crippen LogP contribution in [0.25, 0.3) is 0 Å². The van der Waals surface area contributed by atoms with Gasteiger partial charge in [0, 0.05) is 63.2 Å². The number of hydrogen-bond donors (Lipinski definition) is 1. The summed E-state index contributed by atoms with van der Waals surface area (Å²) in [7, 11) is 0. The molecule has 2 aliphatic heterocycles. The molecule has 0 aromatic carbocycles. The van der Waals surface area contributed by atoms with Crippen molar-refractivity contribution in [2.24, 2.45) is 5.92 Å². The van der Waals surface area contributed by atoms with Crippen molar-refractivity contribution < 1.29 is 4.79 Å². The van der Waals surface area contributed by atoms with Crippen molar-refractivity contribution in [2.75, 3.05) is 50.8 Å². The van der Waals surface area contributed by atoms with Crippen LogP contribution in [0.5, 0.6) is 0 Å². The number of halogens is 2. The fourth-order valence-corrected chi connectivity index (χ4v) is 3.89. The molecule has 0 aromatic rings. The number of piperazine rings is 1. The van der Waals surface area contributed by atoms with Crippen LogP contribution in [0.4, 0.5) is 0 Å². The van der Waals surface area contributed by atoms with Crippen molar-refractivity contribution in [3.05, 3.63) is 0 Å². The summed E-state index contributed by atoms with van der Waals surface area (Å²) in [6, 6.07) is 0.399. The number of thioether (sulfide) groups is 1. The highest BCUT2D eigenvalue weighted by Crippen LogP contribution is 2.29. The first kappa shape index (κ1) is 19.4. The summed E-state index contributed by atoms with van der Waals surface area (Å²) in [5.41, 5.74) is 0. The molecule has 0 radical (unpaired) electrons. The second-order valence-corrected chi connectivity index (χ2v) is 7.20. The maximum Gasteiger partial charge on any atom is 0.224 e. The lowest BCUT2D eigenvalue weighted by Crippen LogP contribution is -2.51. The Morgan fingerprint density at radius 2 is 1.86 bits per heavy atom. The highest BCUT2D eigenvalue weighted by Gasteiger charge is 2.28. The predicted molar refractivity (Wildman–Crippen MR) is 94.0 cm³/mol. The van der Waals surface area contributed by atoms with Gasteiger partial charge in [0.15, 0.2) is 0 Å². The van der Waals surface area contributed by atoms with Crippen LogP contribution in [0.3, 0.4) is 0 Å². The minimum Gasteiger partial charge on any atom is -0.340 e. The van der Waals surface area contributed by atoms with Crippen LogP contribution in [-0.2, 0) is 4.79 Å². The van der Waals surface area contributed by atoms with E-state index in [1.165, 1.54) is 25.1 Å². The van der Waals surface area contributed by atoms with Crippen LogP contribution in [0, 0.1) is 5.92 Å². The fraction of sp³-hybridized carbons (Fsp3) is 0.929. The van der Waals surface area contributed by atoms with Gasteiger partial charge < -0.3 is 10.2 Å². The van der Waals surface area contributed by atoms with E-state index in [2.05, 4.69) is 15.1 Å². The predicted octanol–water partition coefficient (Wildman–Crippen LogP) is 1.48. The Kier molecular flexibility index (Phi) is 8.72. The van der Waals surface area contributed by atoms with E-state index < -0.39 is 0 Å². The second-order valence-electron chi connectivity index (χ2n) is 6.05. The van der Waals surface area contributed by atoms with Gasteiger partial charge in [-0.1, -0.05) is 0 Å². The molecule has 2 saturated heterocycles. The lowest BCUT2D eigenvalue weighted by Gasteiger charge is -2.35. The molecule has 0 spiro atoms. The van der Waals surface area contributed by atoms with Gasteiger partial charge in [0.25, 0.3) is 0 Å². The molecule has 0 aromatic heterocycles. The quantitative estimate of drug-likeness (QED) is 0.828. The van der Waals surface area contributed by atoms with E-state index in [1.54, 1.807) is 0 Å². The molecule has 21 heavy (non-hydrogen) atoms. The van der Waals surface area contributed by atoms with Gasteiger partial charge in [0.05, 0.1) is 0 Å². The highest BCUT2D eigenvalue weighted by molar-refractivity contribution is 7.99. The Morgan fingerprint density at radius 3 is 2.43 bits per heavy atom. The number of carbonyl (C=O) groups excluding carboxylic acids is 1. The summed E-state index contributed by atoms with van der Waals surface area (Å²) in [4.78, 5) is 16.9. The topological polar surface area (TPSA) is 35.6 Å². The van der Waals surface area contributed by atoms with E-state index in [4.69, 9.17) is 0 Å². The van der Waals surface area contributed by atoms with Crippen molar-refractivity contribution in [1.29, 1.82) is 0 Å². The van der Waals surface area contributed by atoms with Gasteiger partial charge in [0.2, 0.25) is 5.91 Å². The van der Waals surface area contributed by atoms with Gasteiger partial charge in [-0.25, -0.2) is 0 Å². The van der Waals surface area contributed by atoms with Crippen molar-refractivity contribution in [3.63, 3.8) is 0 Å². The minimum absolute atomic E-state index is 0. The monoisotopic (exact) mass is 355 g/mol. The normalized spacial score (nSPS) is 26.7. The maximum atomic E-state index is 12.3. The lowest BCUT2D eigenvalue weighted by atomic mass is 10.2. The first-order chi connectivity index (χ1) is 9.31. The van der Waals surface area contributed by atoms with Crippen LogP contribution in [0.1, 0.15) is 19.3 Å². The fourth-order valence-electron chi connectivity index (χ4n) is 2.94. The van der Waals surface area contributed by atoms with Crippen molar-refractivity contribution >= 4 is 42.5 Å². The molecular formula is C14H27Cl2N3OS. The van der Waals surface area contributed by atoms with Crippen molar-refractivity contribution in [2.45, 2.75) is 25.3 Å². The number of amides is 1. The largest absolute Gasteiger partial charge is 0.340 e. The molecule has 3 aliphatic rings. The average Bonchev–Trinajstić information content (AvgIpc) is 3.25. The van der Waals surface area contributed by atoms with Crippen LogP contribution in [0.15, 0.2) is 0 Å². The molecule has 1 amide bonds. The van der Waals surface area contributed by atoms with E-state index in [0.717, 1.165) is 44.4 Å². The zero-order valence-electron chi connectivity index (χ0n) is 12.5. The van der Waals surface area contributed by atoms with Crippen LogP contribution < -0.4 is 5.32 Å². The zero-order chi connectivity index (χ0) is 13.1. The first-order valence-electron chi connectivity index (χ1n) is 7.62. The lowest BCUT2D eigenvalue weighted by molar-refractivity contribution is -0.133. The number of nitrogens with zero attached hydrogens (tertiary/aromatic N) is 2. The Bertz CT molecular complexity index is 317. The Hall–Kier alpha value is 0.320. The van der Waals surface area contributed by atoms with E-state index in [9.17, 15) is 4.79 Å². The second kappa shape index (κ2) is 9.46. The van der Waals surface area contributed by atoms with Gasteiger partial charge in [-0.15, -0.1) is 24.8 Å². The van der Waals surface area contributed by atoms with E-state index in [0.29, 0.717) is 18.4 Å². The first-order valence-corrected chi connectivity index (χ1v) is 8.78. The summed E-state index contributed by atoms with van der Waals surface area (Å²) >= 11 is 1.96. The van der Waals surface area contributed by atoms with Crippen LogP contribution in [-0.4, -0.2) is 72.5 Å². The number of carbonyl (C=O) groups is 1. The summed E-state index contributed by atoms with van der Waals surface area (Å²) in [6.07, 6.45) is 3.53. The molecule has 1 atom stereocenters. The van der Waals surface area contributed by atoms with Gasteiger partial charge in [-0.3, -0.25) is 9.69 Å². The third-order valence-electron chi connectivity index (χ3n) is 4.36. The summed E-state index contributed by atoms with van der Waals surface area (Å²) in [6.45, 7) is 6.35. The molecule has 1 aliphatic carbocycles. The van der Waals surface area contributed by atoms with Crippen molar-refractivity contribution in [1.82, 2.24) is 15.1 Å². The molecule has 124 valence electrons. The molecule has 2 heterocycles. The molecule has 3 fully saturated rings.